The topological polar surface area (TPSA) is 61.4 Å². The van der Waals surface area contributed by atoms with Crippen molar-refractivity contribution in [2.75, 3.05) is 13.1 Å². The molecule has 2 fully saturated rings. The van der Waals surface area contributed by atoms with Gasteiger partial charge in [0.2, 0.25) is 0 Å². The summed E-state index contributed by atoms with van der Waals surface area (Å²) in [5.41, 5.74) is -0.0775. The molecule has 1 saturated carbocycles. The summed E-state index contributed by atoms with van der Waals surface area (Å²) >= 11 is 0. The van der Waals surface area contributed by atoms with Crippen LogP contribution in [0.1, 0.15) is 6.42 Å². The number of rotatable bonds is 1. The molecular formula is C6H10N2O2. The van der Waals surface area contributed by atoms with Crippen LogP contribution in [0.5, 0.6) is 0 Å². The standard InChI is InChI=1S/C6H10N2O2/c9-5(10)8-6-1-4(6)2-7-3-6/h4,7-8H,1-3H2,(H,9,10). The third-order valence-corrected chi connectivity index (χ3v) is 2.42. The number of piperidine rings is 1. The third-order valence-electron chi connectivity index (χ3n) is 2.42. The zero-order chi connectivity index (χ0) is 7.19. The second-order valence-corrected chi connectivity index (χ2v) is 3.12. The van der Waals surface area contributed by atoms with Gasteiger partial charge in [-0.15, -0.1) is 0 Å². The Bertz CT molecular complexity index is 183. The average Bonchev–Trinajstić information content (AvgIpc) is 2.33. The highest BCUT2D eigenvalue weighted by Gasteiger charge is 2.58. The van der Waals surface area contributed by atoms with Crippen LogP contribution < -0.4 is 10.6 Å². The van der Waals surface area contributed by atoms with Crippen LogP contribution in [-0.2, 0) is 0 Å². The van der Waals surface area contributed by atoms with Gasteiger partial charge < -0.3 is 15.7 Å². The number of hydrogen-bond donors (Lipinski definition) is 3. The van der Waals surface area contributed by atoms with Gasteiger partial charge in [-0.05, 0) is 12.3 Å². The molecule has 4 nitrogen and oxygen atoms in total. The van der Waals surface area contributed by atoms with E-state index < -0.39 is 6.09 Å². The summed E-state index contributed by atoms with van der Waals surface area (Å²) in [4.78, 5) is 10.2. The molecule has 1 aliphatic heterocycles. The molecule has 1 aliphatic carbocycles. The normalized spacial score (nSPS) is 42.6. The summed E-state index contributed by atoms with van der Waals surface area (Å²) in [7, 11) is 0. The number of amides is 1. The van der Waals surface area contributed by atoms with Crippen molar-refractivity contribution in [1.29, 1.82) is 0 Å². The van der Waals surface area contributed by atoms with Crippen LogP contribution in [0.4, 0.5) is 4.79 Å². The Morgan fingerprint density at radius 1 is 1.80 bits per heavy atom. The first-order valence-electron chi connectivity index (χ1n) is 3.45. The minimum Gasteiger partial charge on any atom is -0.465 e. The Kier molecular flexibility index (Phi) is 0.976. The summed E-state index contributed by atoms with van der Waals surface area (Å²) in [5, 5.41) is 14.1. The zero-order valence-corrected chi connectivity index (χ0v) is 5.55. The molecule has 1 saturated heterocycles. The average molecular weight is 142 g/mol. The molecular weight excluding hydrogens is 132 g/mol. The van der Waals surface area contributed by atoms with E-state index in [1.54, 1.807) is 0 Å². The minimum absolute atomic E-state index is 0.0775. The van der Waals surface area contributed by atoms with Crippen LogP contribution in [0.15, 0.2) is 0 Å². The van der Waals surface area contributed by atoms with Crippen LogP contribution in [0.25, 0.3) is 0 Å². The predicted octanol–water partition coefficient (Wildman–Crippen LogP) is -0.384. The van der Waals surface area contributed by atoms with E-state index in [1.807, 2.05) is 0 Å². The van der Waals surface area contributed by atoms with Gasteiger partial charge in [-0.1, -0.05) is 0 Å². The molecule has 0 spiro atoms. The van der Waals surface area contributed by atoms with Gasteiger partial charge in [0, 0.05) is 13.1 Å². The van der Waals surface area contributed by atoms with E-state index >= 15 is 0 Å². The molecule has 2 unspecified atom stereocenters. The monoisotopic (exact) mass is 142 g/mol. The molecule has 0 aromatic heterocycles. The van der Waals surface area contributed by atoms with Crippen molar-refractivity contribution in [1.82, 2.24) is 10.6 Å². The lowest BCUT2D eigenvalue weighted by Gasteiger charge is -2.09. The van der Waals surface area contributed by atoms with E-state index in [-0.39, 0.29) is 5.54 Å². The summed E-state index contributed by atoms with van der Waals surface area (Å²) in [6, 6.07) is 0. The van der Waals surface area contributed by atoms with Crippen molar-refractivity contribution in [3.63, 3.8) is 0 Å². The Labute approximate surface area is 58.6 Å². The molecule has 1 amide bonds. The SMILES string of the molecule is O=C(O)NC12CNCC1C2. The fourth-order valence-electron chi connectivity index (χ4n) is 1.74. The quantitative estimate of drug-likeness (QED) is 0.467. The highest BCUT2D eigenvalue weighted by molar-refractivity contribution is 5.66. The van der Waals surface area contributed by atoms with Gasteiger partial charge in [0.25, 0.3) is 0 Å². The smallest absolute Gasteiger partial charge is 0.405 e. The number of fused-ring (bicyclic) bond motifs is 1. The number of carbonyl (C=O) groups is 1. The molecule has 3 N–H and O–H groups in total. The Morgan fingerprint density at radius 3 is 3.00 bits per heavy atom. The highest BCUT2D eigenvalue weighted by atomic mass is 16.4. The number of carboxylic acid groups (broad SMARTS) is 1. The summed E-state index contributed by atoms with van der Waals surface area (Å²) in [6.07, 6.45) is 0.123. The Balaban J connectivity index is 1.99. The van der Waals surface area contributed by atoms with Crippen molar-refractivity contribution in [2.45, 2.75) is 12.0 Å². The maximum absolute atomic E-state index is 10.2. The molecule has 4 heteroatoms. The summed E-state index contributed by atoms with van der Waals surface area (Å²) in [5.74, 6) is 0.559. The summed E-state index contributed by atoms with van der Waals surface area (Å²) < 4.78 is 0. The van der Waals surface area contributed by atoms with Crippen LogP contribution >= 0.6 is 0 Å². The molecule has 2 aliphatic rings. The molecule has 2 atom stereocenters. The fourth-order valence-corrected chi connectivity index (χ4v) is 1.74. The fraction of sp³-hybridized carbons (Fsp3) is 0.833. The molecule has 1 heterocycles. The summed E-state index contributed by atoms with van der Waals surface area (Å²) in [6.45, 7) is 1.78. The third kappa shape index (κ3) is 0.686. The van der Waals surface area contributed by atoms with E-state index in [9.17, 15) is 4.79 Å². The van der Waals surface area contributed by atoms with Gasteiger partial charge in [-0.25, -0.2) is 4.79 Å². The first-order chi connectivity index (χ1) is 4.73. The molecule has 0 bridgehead atoms. The molecule has 2 rings (SSSR count). The highest BCUT2D eigenvalue weighted by Crippen LogP contribution is 2.45. The van der Waals surface area contributed by atoms with Gasteiger partial charge in [-0.3, -0.25) is 0 Å². The number of hydrogen-bond acceptors (Lipinski definition) is 2. The van der Waals surface area contributed by atoms with E-state index in [4.69, 9.17) is 5.11 Å². The molecule has 10 heavy (non-hydrogen) atoms. The Hall–Kier alpha value is -0.770. The van der Waals surface area contributed by atoms with Gasteiger partial charge in [-0.2, -0.15) is 0 Å². The van der Waals surface area contributed by atoms with Crippen molar-refractivity contribution in [2.24, 2.45) is 5.92 Å². The van der Waals surface area contributed by atoms with Crippen LogP contribution in [-0.4, -0.2) is 29.8 Å². The molecule has 0 aromatic carbocycles. The van der Waals surface area contributed by atoms with Gasteiger partial charge in [0.1, 0.15) is 0 Å². The largest absolute Gasteiger partial charge is 0.465 e. The second kappa shape index (κ2) is 1.63. The maximum Gasteiger partial charge on any atom is 0.405 e. The van der Waals surface area contributed by atoms with Crippen LogP contribution in [0.3, 0.4) is 0 Å². The van der Waals surface area contributed by atoms with Gasteiger partial charge >= 0.3 is 6.09 Å². The van der Waals surface area contributed by atoms with Crippen LogP contribution in [0, 0.1) is 5.92 Å². The lowest BCUT2D eigenvalue weighted by molar-refractivity contribution is 0.188. The first kappa shape index (κ1) is 5.97. The van der Waals surface area contributed by atoms with Crippen molar-refractivity contribution in [3.05, 3.63) is 0 Å². The van der Waals surface area contributed by atoms with E-state index in [0.717, 1.165) is 19.5 Å². The molecule has 0 radical (unpaired) electrons. The molecule has 0 aromatic rings. The minimum atomic E-state index is -0.897. The lowest BCUT2D eigenvalue weighted by atomic mass is 10.2. The van der Waals surface area contributed by atoms with Crippen molar-refractivity contribution >= 4 is 6.09 Å². The second-order valence-electron chi connectivity index (χ2n) is 3.12. The number of nitrogens with one attached hydrogen (secondary N) is 2. The Morgan fingerprint density at radius 2 is 2.60 bits per heavy atom. The van der Waals surface area contributed by atoms with Gasteiger partial charge in [0.05, 0.1) is 5.54 Å². The van der Waals surface area contributed by atoms with E-state index in [2.05, 4.69) is 10.6 Å². The lowest BCUT2D eigenvalue weighted by Crippen LogP contribution is -2.40. The van der Waals surface area contributed by atoms with E-state index in [1.165, 1.54) is 0 Å². The zero-order valence-electron chi connectivity index (χ0n) is 5.55. The van der Waals surface area contributed by atoms with Crippen molar-refractivity contribution in [3.8, 4) is 0 Å². The predicted molar refractivity (Wildman–Crippen MR) is 34.9 cm³/mol. The maximum atomic E-state index is 10.2. The van der Waals surface area contributed by atoms with Gasteiger partial charge in [0.15, 0.2) is 0 Å². The van der Waals surface area contributed by atoms with Crippen LogP contribution in [0.2, 0.25) is 0 Å². The van der Waals surface area contributed by atoms with Crippen molar-refractivity contribution < 1.29 is 9.90 Å². The first-order valence-corrected chi connectivity index (χ1v) is 3.45. The van der Waals surface area contributed by atoms with E-state index in [0.29, 0.717) is 5.92 Å². The molecule has 56 valence electrons.